The summed E-state index contributed by atoms with van der Waals surface area (Å²) in [4.78, 5) is 4.43. The van der Waals surface area contributed by atoms with E-state index >= 15 is 0 Å². The van der Waals surface area contributed by atoms with Crippen LogP contribution in [0.1, 0.15) is 46.5 Å². The first-order chi connectivity index (χ1) is 12.7. The summed E-state index contributed by atoms with van der Waals surface area (Å²) in [6.45, 7) is 6.39. The molecule has 1 heterocycles. The van der Waals surface area contributed by atoms with E-state index in [2.05, 4.69) is 11.9 Å². The molecule has 1 aromatic heterocycles. The lowest BCUT2D eigenvalue weighted by Crippen LogP contribution is -2.12. The van der Waals surface area contributed by atoms with Crippen molar-refractivity contribution in [3.05, 3.63) is 88.3 Å². The first-order valence-electron chi connectivity index (χ1n) is 8.61. The summed E-state index contributed by atoms with van der Waals surface area (Å²) < 4.78 is 53.9. The predicted octanol–water partition coefficient (Wildman–Crippen LogP) is 5.86. The number of rotatable bonds is 4. The highest BCUT2D eigenvalue weighted by Crippen LogP contribution is 2.32. The first kappa shape index (κ1) is 19.1. The number of alkyl halides is 3. The molecule has 2 nitrogen and oxygen atoms in total. The van der Waals surface area contributed by atoms with Gasteiger partial charge in [-0.2, -0.15) is 13.2 Å². The second-order valence-corrected chi connectivity index (χ2v) is 6.74. The van der Waals surface area contributed by atoms with Crippen molar-refractivity contribution in [2.45, 2.75) is 39.4 Å². The molecule has 0 aliphatic heterocycles. The van der Waals surface area contributed by atoms with Gasteiger partial charge in [0, 0.05) is 24.9 Å². The normalized spacial score (nSPS) is 13.0. The number of imidazole rings is 1. The molecule has 0 aliphatic rings. The Morgan fingerprint density at radius 3 is 2.52 bits per heavy atom. The largest absolute Gasteiger partial charge is 0.419 e. The van der Waals surface area contributed by atoms with E-state index in [0.29, 0.717) is 5.56 Å². The smallest absolute Gasteiger partial charge is 0.330 e. The van der Waals surface area contributed by atoms with Crippen LogP contribution in [0.4, 0.5) is 17.6 Å². The molecule has 1 atom stereocenters. The van der Waals surface area contributed by atoms with E-state index in [-0.39, 0.29) is 12.5 Å². The Kier molecular flexibility index (Phi) is 5.09. The van der Waals surface area contributed by atoms with Crippen molar-refractivity contribution in [2.75, 3.05) is 0 Å². The monoisotopic (exact) mass is 376 g/mol. The fraction of sp³-hybridized carbons (Fsp3) is 0.286. The summed E-state index contributed by atoms with van der Waals surface area (Å²) >= 11 is 0. The third kappa shape index (κ3) is 3.89. The van der Waals surface area contributed by atoms with E-state index in [0.717, 1.165) is 23.5 Å². The minimum Gasteiger partial charge on any atom is -0.330 e. The zero-order valence-electron chi connectivity index (χ0n) is 15.3. The highest BCUT2D eigenvalue weighted by atomic mass is 19.4. The van der Waals surface area contributed by atoms with Crippen LogP contribution in [0.25, 0.3) is 0 Å². The lowest BCUT2D eigenvalue weighted by atomic mass is 9.93. The summed E-state index contributed by atoms with van der Waals surface area (Å²) in [5, 5.41) is 0. The van der Waals surface area contributed by atoms with Crippen molar-refractivity contribution in [3.63, 3.8) is 0 Å². The van der Waals surface area contributed by atoms with Gasteiger partial charge < -0.3 is 4.57 Å². The molecule has 2 aromatic carbocycles. The summed E-state index contributed by atoms with van der Waals surface area (Å²) in [5.74, 6) is -0.479. The molecule has 3 aromatic rings. The lowest BCUT2D eigenvalue weighted by molar-refractivity contribution is -0.140. The molecule has 0 aliphatic carbocycles. The molecule has 6 heteroatoms. The first-order valence-corrected chi connectivity index (χ1v) is 8.61. The molecule has 0 saturated heterocycles. The third-order valence-electron chi connectivity index (χ3n) is 4.94. The van der Waals surface area contributed by atoms with E-state index in [9.17, 15) is 17.6 Å². The maximum atomic E-state index is 13.9. The fourth-order valence-corrected chi connectivity index (χ4v) is 3.30. The fourth-order valence-electron chi connectivity index (χ4n) is 3.30. The Bertz CT molecular complexity index is 957. The number of nitrogens with zero attached hydrogens (tertiary/aromatic N) is 2. The highest BCUT2D eigenvalue weighted by molar-refractivity contribution is 5.38. The van der Waals surface area contributed by atoms with Crippen LogP contribution in [-0.4, -0.2) is 9.55 Å². The van der Waals surface area contributed by atoms with Crippen LogP contribution in [-0.2, 0) is 12.7 Å². The van der Waals surface area contributed by atoms with Crippen LogP contribution in [0.2, 0.25) is 0 Å². The van der Waals surface area contributed by atoms with Crippen molar-refractivity contribution >= 4 is 0 Å². The molecule has 0 saturated carbocycles. The summed E-state index contributed by atoms with van der Waals surface area (Å²) in [7, 11) is 0. The molecule has 3 rings (SSSR count). The Labute approximate surface area is 155 Å². The number of hydrogen-bond acceptors (Lipinski definition) is 1. The molecular formula is C21H20F4N2. The van der Waals surface area contributed by atoms with Gasteiger partial charge in [0.05, 0.1) is 5.56 Å². The van der Waals surface area contributed by atoms with Crippen LogP contribution >= 0.6 is 0 Å². The van der Waals surface area contributed by atoms with Gasteiger partial charge >= 0.3 is 6.18 Å². The number of benzene rings is 2. The van der Waals surface area contributed by atoms with Crippen LogP contribution in [0, 0.1) is 19.7 Å². The van der Waals surface area contributed by atoms with E-state index in [1.165, 1.54) is 17.2 Å². The van der Waals surface area contributed by atoms with Crippen LogP contribution in [0.3, 0.4) is 0 Å². The average Bonchev–Trinajstić information content (AvgIpc) is 3.03. The molecule has 0 unspecified atom stereocenters. The maximum Gasteiger partial charge on any atom is 0.419 e. The number of aromatic nitrogens is 2. The van der Waals surface area contributed by atoms with E-state index in [1.807, 2.05) is 36.6 Å². The van der Waals surface area contributed by atoms with Gasteiger partial charge in [-0.25, -0.2) is 9.37 Å². The molecule has 0 radical (unpaired) electrons. The zero-order chi connectivity index (χ0) is 19.8. The third-order valence-corrected chi connectivity index (χ3v) is 4.94. The zero-order valence-corrected chi connectivity index (χ0v) is 15.3. The van der Waals surface area contributed by atoms with Gasteiger partial charge in [0.1, 0.15) is 11.6 Å². The highest BCUT2D eigenvalue weighted by Gasteiger charge is 2.33. The Hall–Kier alpha value is -2.63. The maximum absolute atomic E-state index is 13.9. The van der Waals surface area contributed by atoms with E-state index in [4.69, 9.17) is 0 Å². The summed E-state index contributed by atoms with van der Waals surface area (Å²) in [5.41, 5.74) is 2.71. The van der Waals surface area contributed by atoms with Gasteiger partial charge in [-0.15, -0.1) is 0 Å². The van der Waals surface area contributed by atoms with Crippen LogP contribution in [0.15, 0.2) is 48.8 Å². The Morgan fingerprint density at radius 1 is 1.11 bits per heavy atom. The van der Waals surface area contributed by atoms with Gasteiger partial charge in [0.2, 0.25) is 0 Å². The molecule has 0 spiro atoms. The second-order valence-electron chi connectivity index (χ2n) is 6.74. The molecular weight excluding hydrogens is 356 g/mol. The minimum atomic E-state index is -4.69. The van der Waals surface area contributed by atoms with Crippen LogP contribution in [0.5, 0.6) is 0 Å². The van der Waals surface area contributed by atoms with Gasteiger partial charge in [0.15, 0.2) is 0 Å². The molecule has 0 fully saturated rings. The van der Waals surface area contributed by atoms with E-state index < -0.39 is 17.6 Å². The summed E-state index contributed by atoms with van der Waals surface area (Å²) in [6, 6.07) is 9.11. The van der Waals surface area contributed by atoms with Gasteiger partial charge in [0.25, 0.3) is 0 Å². The average molecular weight is 376 g/mol. The van der Waals surface area contributed by atoms with Crippen molar-refractivity contribution in [1.29, 1.82) is 0 Å². The van der Waals surface area contributed by atoms with Crippen molar-refractivity contribution in [3.8, 4) is 0 Å². The summed E-state index contributed by atoms with van der Waals surface area (Å²) in [6.07, 6.45) is -1.29. The van der Waals surface area contributed by atoms with Crippen molar-refractivity contribution in [2.24, 2.45) is 0 Å². The van der Waals surface area contributed by atoms with Crippen molar-refractivity contribution in [1.82, 2.24) is 9.55 Å². The molecule has 27 heavy (non-hydrogen) atoms. The minimum absolute atomic E-state index is 0.000745. The Balaban J connectivity index is 1.90. The predicted molar refractivity (Wildman–Crippen MR) is 96.2 cm³/mol. The number of halogens is 4. The topological polar surface area (TPSA) is 17.8 Å². The molecule has 0 bridgehead atoms. The van der Waals surface area contributed by atoms with E-state index in [1.54, 1.807) is 12.4 Å². The lowest BCUT2D eigenvalue weighted by Gasteiger charge is -2.18. The van der Waals surface area contributed by atoms with Gasteiger partial charge in [-0.1, -0.05) is 31.2 Å². The number of aryl methyl sites for hydroxylation is 1. The van der Waals surface area contributed by atoms with Gasteiger partial charge in [-0.3, -0.25) is 0 Å². The van der Waals surface area contributed by atoms with Crippen molar-refractivity contribution < 1.29 is 17.6 Å². The quantitative estimate of drug-likeness (QED) is 0.522. The molecule has 142 valence electrons. The second kappa shape index (κ2) is 7.18. The Morgan fingerprint density at radius 2 is 1.85 bits per heavy atom. The SMILES string of the molecule is Cc1cccc([C@H](C)c2nccn2Cc2ccc(C(F)(F)F)c(F)c2)c1C. The van der Waals surface area contributed by atoms with Gasteiger partial charge in [-0.05, 0) is 48.2 Å². The standard InChI is InChI=1S/C21H20F4N2/c1-13-5-4-6-17(14(13)2)15(3)20-26-9-10-27(20)12-16-7-8-18(19(22)11-16)21(23,24)25/h4-11,15H,12H2,1-3H3/t15-/m0/s1. The molecule has 0 amide bonds. The number of hydrogen-bond donors (Lipinski definition) is 0. The molecule has 0 N–H and O–H groups in total. The van der Waals surface area contributed by atoms with Crippen LogP contribution < -0.4 is 0 Å².